The quantitative estimate of drug-likeness (QED) is 0.572. The summed E-state index contributed by atoms with van der Waals surface area (Å²) in [6.07, 6.45) is 6.37. The molecule has 0 aromatic heterocycles. The predicted molar refractivity (Wildman–Crippen MR) is 39.7 cm³/mol. The van der Waals surface area contributed by atoms with Crippen molar-refractivity contribution in [1.29, 1.82) is 0 Å². The summed E-state index contributed by atoms with van der Waals surface area (Å²) in [4.78, 5) is 0. The molecular formula is C8H16N. The fourth-order valence-corrected chi connectivity index (χ4v) is 1.46. The van der Waals surface area contributed by atoms with Crippen molar-refractivity contribution in [1.82, 2.24) is 0 Å². The lowest BCUT2D eigenvalue weighted by Gasteiger charge is -2.23. The smallest absolute Gasteiger partial charge is 0.0337 e. The molecule has 0 aromatic carbocycles. The molecule has 2 N–H and O–H groups in total. The molecule has 0 unspecified atom stereocenters. The molecule has 0 heterocycles. The van der Waals surface area contributed by atoms with Crippen LogP contribution < -0.4 is 5.73 Å². The molecule has 0 aliphatic heterocycles. The topological polar surface area (TPSA) is 26.0 Å². The molecule has 0 atom stereocenters. The van der Waals surface area contributed by atoms with Gasteiger partial charge in [0.05, 0.1) is 0 Å². The summed E-state index contributed by atoms with van der Waals surface area (Å²) in [7, 11) is 0. The first-order valence-corrected chi connectivity index (χ1v) is 3.93. The molecule has 9 heavy (non-hydrogen) atoms. The van der Waals surface area contributed by atoms with Crippen LogP contribution in [0.5, 0.6) is 0 Å². The van der Waals surface area contributed by atoms with Gasteiger partial charge in [0.2, 0.25) is 0 Å². The van der Waals surface area contributed by atoms with E-state index in [1.807, 2.05) is 0 Å². The van der Waals surface area contributed by atoms with Gasteiger partial charge in [0, 0.05) is 6.04 Å². The van der Waals surface area contributed by atoms with Crippen molar-refractivity contribution in [2.75, 3.05) is 0 Å². The average Bonchev–Trinajstić information content (AvgIpc) is 1.90. The first kappa shape index (κ1) is 7.07. The fourth-order valence-electron chi connectivity index (χ4n) is 1.46. The van der Waals surface area contributed by atoms with Gasteiger partial charge in [0.1, 0.15) is 0 Å². The lowest BCUT2D eigenvalue weighted by Crippen LogP contribution is -2.18. The lowest BCUT2D eigenvalue weighted by molar-refractivity contribution is 0.366. The maximum absolute atomic E-state index is 5.67. The zero-order valence-electron chi connectivity index (χ0n) is 6.19. The van der Waals surface area contributed by atoms with Crippen molar-refractivity contribution in [2.45, 2.75) is 39.0 Å². The van der Waals surface area contributed by atoms with E-state index >= 15 is 0 Å². The second kappa shape index (κ2) is 3.21. The van der Waals surface area contributed by atoms with Crippen molar-refractivity contribution in [2.24, 2.45) is 11.7 Å². The highest BCUT2D eigenvalue weighted by Crippen LogP contribution is 2.28. The minimum absolute atomic E-state index is 0.970. The van der Waals surface area contributed by atoms with Crippen LogP contribution in [0.25, 0.3) is 0 Å². The summed E-state index contributed by atoms with van der Waals surface area (Å²) in [5, 5.41) is 0. The highest BCUT2D eigenvalue weighted by molar-refractivity contribution is 4.87. The van der Waals surface area contributed by atoms with Gasteiger partial charge in [-0.3, -0.25) is 0 Å². The molecule has 1 nitrogen and oxygen atoms in total. The number of rotatable bonds is 1. The molecule has 1 aliphatic rings. The molecule has 1 radical (unpaired) electrons. The van der Waals surface area contributed by atoms with E-state index in [1.165, 1.54) is 38.1 Å². The summed E-state index contributed by atoms with van der Waals surface area (Å²) in [5.74, 6) is 0.970. The van der Waals surface area contributed by atoms with Crippen LogP contribution >= 0.6 is 0 Å². The van der Waals surface area contributed by atoms with Gasteiger partial charge in [0.15, 0.2) is 0 Å². The summed E-state index contributed by atoms with van der Waals surface area (Å²) in [6, 6.07) is 1.22. The molecule has 0 amide bonds. The van der Waals surface area contributed by atoms with Crippen molar-refractivity contribution in [3.8, 4) is 0 Å². The average molecular weight is 126 g/mol. The van der Waals surface area contributed by atoms with Crippen LogP contribution in [-0.4, -0.2) is 0 Å². The number of hydrogen-bond donors (Lipinski definition) is 1. The highest BCUT2D eigenvalue weighted by atomic mass is 14.6. The van der Waals surface area contributed by atoms with Gasteiger partial charge in [-0.05, 0) is 31.6 Å². The van der Waals surface area contributed by atoms with E-state index in [1.54, 1.807) is 0 Å². The third kappa shape index (κ3) is 1.98. The van der Waals surface area contributed by atoms with Gasteiger partial charge in [-0.25, -0.2) is 0 Å². The van der Waals surface area contributed by atoms with Crippen LogP contribution in [0.1, 0.15) is 39.0 Å². The zero-order valence-corrected chi connectivity index (χ0v) is 6.19. The lowest BCUT2D eigenvalue weighted by atomic mass is 9.85. The first-order chi connectivity index (χ1) is 4.33. The molecule has 0 saturated heterocycles. The van der Waals surface area contributed by atoms with E-state index in [9.17, 15) is 0 Å². The van der Waals surface area contributed by atoms with Crippen LogP contribution in [0.2, 0.25) is 0 Å². The third-order valence-electron chi connectivity index (χ3n) is 2.32. The van der Waals surface area contributed by atoms with Crippen LogP contribution in [0.4, 0.5) is 0 Å². The van der Waals surface area contributed by atoms with Crippen molar-refractivity contribution >= 4 is 0 Å². The van der Waals surface area contributed by atoms with Crippen LogP contribution in [0.15, 0.2) is 0 Å². The second-order valence-electron chi connectivity index (χ2n) is 3.01. The summed E-state index contributed by atoms with van der Waals surface area (Å²) < 4.78 is 0. The Kier molecular flexibility index (Phi) is 2.52. The Labute approximate surface area is 57.6 Å². The van der Waals surface area contributed by atoms with Crippen molar-refractivity contribution < 1.29 is 0 Å². The standard InChI is InChI=1S/C8H16N/c1-2-7-3-5-8(9)6-4-7/h7H,2-6,9H2,1H3. The largest absolute Gasteiger partial charge is 0.324 e. The predicted octanol–water partition coefficient (Wildman–Crippen LogP) is 2.08. The molecule has 1 rings (SSSR count). The summed E-state index contributed by atoms with van der Waals surface area (Å²) >= 11 is 0. The van der Waals surface area contributed by atoms with Gasteiger partial charge < -0.3 is 5.73 Å². The van der Waals surface area contributed by atoms with Crippen molar-refractivity contribution in [3.05, 3.63) is 6.04 Å². The maximum atomic E-state index is 5.67. The first-order valence-electron chi connectivity index (χ1n) is 3.93. The van der Waals surface area contributed by atoms with Crippen LogP contribution in [0, 0.1) is 12.0 Å². The van der Waals surface area contributed by atoms with Crippen molar-refractivity contribution in [3.63, 3.8) is 0 Å². The Morgan fingerprint density at radius 2 is 2.00 bits per heavy atom. The maximum Gasteiger partial charge on any atom is 0.0337 e. The van der Waals surface area contributed by atoms with Gasteiger partial charge >= 0.3 is 0 Å². The molecule has 1 fully saturated rings. The number of hydrogen-bond acceptors (Lipinski definition) is 1. The second-order valence-corrected chi connectivity index (χ2v) is 3.01. The van der Waals surface area contributed by atoms with Gasteiger partial charge in [-0.1, -0.05) is 13.3 Å². The molecule has 0 bridgehead atoms. The highest BCUT2D eigenvalue weighted by Gasteiger charge is 2.16. The Hall–Kier alpha value is -0.0400. The van der Waals surface area contributed by atoms with E-state index in [0.717, 1.165) is 5.92 Å². The van der Waals surface area contributed by atoms with E-state index in [0.29, 0.717) is 0 Å². The van der Waals surface area contributed by atoms with Gasteiger partial charge in [0.25, 0.3) is 0 Å². The Morgan fingerprint density at radius 1 is 1.44 bits per heavy atom. The Balaban J connectivity index is 2.18. The molecule has 0 aromatic rings. The third-order valence-corrected chi connectivity index (χ3v) is 2.32. The molecule has 1 heteroatoms. The summed E-state index contributed by atoms with van der Waals surface area (Å²) in [6.45, 7) is 2.27. The molecule has 53 valence electrons. The fraction of sp³-hybridized carbons (Fsp3) is 0.875. The summed E-state index contributed by atoms with van der Waals surface area (Å²) in [5.41, 5.74) is 5.67. The van der Waals surface area contributed by atoms with E-state index in [4.69, 9.17) is 5.73 Å². The Bertz CT molecular complexity index is 72.6. The SMILES string of the molecule is CCC1CC[C](N)CC1. The van der Waals surface area contributed by atoms with Crippen LogP contribution in [-0.2, 0) is 0 Å². The monoisotopic (exact) mass is 126 g/mol. The minimum atomic E-state index is 0.970. The van der Waals surface area contributed by atoms with E-state index < -0.39 is 0 Å². The molecule has 0 spiro atoms. The van der Waals surface area contributed by atoms with E-state index in [-0.39, 0.29) is 0 Å². The van der Waals surface area contributed by atoms with Gasteiger partial charge in [-0.15, -0.1) is 0 Å². The Morgan fingerprint density at radius 3 is 2.44 bits per heavy atom. The normalized spacial score (nSPS) is 24.7. The number of nitrogens with two attached hydrogens (primary N) is 1. The van der Waals surface area contributed by atoms with Crippen LogP contribution in [0.3, 0.4) is 0 Å². The molecule has 1 saturated carbocycles. The van der Waals surface area contributed by atoms with E-state index in [2.05, 4.69) is 6.92 Å². The van der Waals surface area contributed by atoms with Gasteiger partial charge in [-0.2, -0.15) is 0 Å². The zero-order chi connectivity index (χ0) is 6.69. The minimum Gasteiger partial charge on any atom is -0.324 e. The molecule has 1 aliphatic carbocycles. The molecular weight excluding hydrogens is 110 g/mol.